The normalized spacial score (nSPS) is 10.0. The fourth-order valence-electron chi connectivity index (χ4n) is 0.531. The number of hydrogen-bond acceptors (Lipinski definition) is 1. The first-order valence-corrected chi connectivity index (χ1v) is 3.76. The van der Waals surface area contributed by atoms with Crippen molar-refractivity contribution in [3.8, 4) is 0 Å². The van der Waals surface area contributed by atoms with Crippen molar-refractivity contribution in [2.75, 3.05) is 0 Å². The summed E-state index contributed by atoms with van der Waals surface area (Å²) in [5, 5.41) is 0.0903. The van der Waals surface area contributed by atoms with Crippen LogP contribution in [0.5, 0.6) is 0 Å². The van der Waals surface area contributed by atoms with E-state index in [4.69, 9.17) is 11.6 Å². The first-order valence-electron chi connectivity index (χ1n) is 2.59. The first-order chi connectivity index (χ1) is 4.63. The van der Waals surface area contributed by atoms with E-state index in [9.17, 15) is 4.39 Å². The molecule has 1 nitrogen and oxygen atoms in total. The SMILES string of the molecule is Cc1ncc(Br)c(Cl)c1F. The Morgan fingerprint density at radius 1 is 1.70 bits per heavy atom. The molecule has 10 heavy (non-hydrogen) atoms. The summed E-state index contributed by atoms with van der Waals surface area (Å²) in [5.41, 5.74) is 0.313. The summed E-state index contributed by atoms with van der Waals surface area (Å²) < 4.78 is 13.3. The molecule has 0 saturated carbocycles. The largest absolute Gasteiger partial charge is 0.257 e. The van der Waals surface area contributed by atoms with Crippen molar-refractivity contribution in [3.05, 3.63) is 27.2 Å². The second-order valence-corrected chi connectivity index (χ2v) is 3.05. The van der Waals surface area contributed by atoms with E-state index in [1.54, 1.807) is 6.92 Å². The van der Waals surface area contributed by atoms with E-state index in [1.807, 2.05) is 0 Å². The molecule has 1 rings (SSSR count). The van der Waals surface area contributed by atoms with Gasteiger partial charge in [-0.2, -0.15) is 0 Å². The van der Waals surface area contributed by atoms with Crippen LogP contribution in [0.15, 0.2) is 10.7 Å². The van der Waals surface area contributed by atoms with Crippen LogP contribution in [0.1, 0.15) is 5.69 Å². The van der Waals surface area contributed by atoms with Gasteiger partial charge >= 0.3 is 0 Å². The highest BCUT2D eigenvalue weighted by molar-refractivity contribution is 9.10. The van der Waals surface area contributed by atoms with E-state index >= 15 is 0 Å². The minimum absolute atomic E-state index is 0.0903. The Balaban J connectivity index is 3.34. The predicted molar refractivity (Wildman–Crippen MR) is 41.6 cm³/mol. The predicted octanol–water partition coefficient (Wildman–Crippen LogP) is 2.95. The van der Waals surface area contributed by atoms with Gasteiger partial charge in [-0.25, -0.2) is 4.39 Å². The zero-order valence-corrected chi connectivity index (χ0v) is 7.50. The molecule has 0 spiro atoms. The number of pyridine rings is 1. The Morgan fingerprint density at radius 3 is 2.80 bits per heavy atom. The number of hydrogen-bond donors (Lipinski definition) is 0. The van der Waals surface area contributed by atoms with Crippen molar-refractivity contribution in [2.24, 2.45) is 0 Å². The Labute approximate surface area is 71.4 Å². The van der Waals surface area contributed by atoms with Gasteiger partial charge < -0.3 is 0 Å². The van der Waals surface area contributed by atoms with Crippen LogP contribution >= 0.6 is 27.5 Å². The van der Waals surface area contributed by atoms with Crippen LogP contribution in [0.4, 0.5) is 4.39 Å². The number of halogens is 3. The van der Waals surface area contributed by atoms with E-state index in [0.717, 1.165) is 0 Å². The van der Waals surface area contributed by atoms with Crippen molar-refractivity contribution in [3.63, 3.8) is 0 Å². The van der Waals surface area contributed by atoms with E-state index in [-0.39, 0.29) is 5.02 Å². The van der Waals surface area contributed by atoms with Gasteiger partial charge in [0.25, 0.3) is 0 Å². The van der Waals surface area contributed by atoms with Gasteiger partial charge in [0, 0.05) is 6.20 Å². The molecule has 0 N–H and O–H groups in total. The molecule has 0 radical (unpaired) electrons. The molecule has 4 heteroatoms. The third kappa shape index (κ3) is 1.30. The van der Waals surface area contributed by atoms with Gasteiger partial charge in [0.2, 0.25) is 0 Å². The van der Waals surface area contributed by atoms with Crippen molar-refractivity contribution in [1.29, 1.82) is 0 Å². The molecule has 0 amide bonds. The molecule has 0 bridgehead atoms. The summed E-state index contributed by atoms with van der Waals surface area (Å²) in [7, 11) is 0. The monoisotopic (exact) mass is 223 g/mol. The third-order valence-corrected chi connectivity index (χ3v) is 2.29. The Morgan fingerprint density at radius 2 is 2.30 bits per heavy atom. The average Bonchev–Trinajstić information content (AvgIpc) is 1.93. The second kappa shape index (κ2) is 2.84. The van der Waals surface area contributed by atoms with Gasteiger partial charge in [-0.1, -0.05) is 11.6 Å². The Kier molecular flexibility index (Phi) is 2.26. The zero-order valence-electron chi connectivity index (χ0n) is 5.16. The Hall–Kier alpha value is -0.150. The van der Waals surface area contributed by atoms with Gasteiger partial charge in [-0.3, -0.25) is 4.98 Å². The van der Waals surface area contributed by atoms with E-state index in [0.29, 0.717) is 10.2 Å². The highest BCUT2D eigenvalue weighted by Gasteiger charge is 2.06. The average molecular weight is 224 g/mol. The summed E-state index contributed by atoms with van der Waals surface area (Å²) >= 11 is 8.57. The number of nitrogens with zero attached hydrogens (tertiary/aromatic N) is 1. The molecular formula is C6H4BrClFN. The zero-order chi connectivity index (χ0) is 7.72. The van der Waals surface area contributed by atoms with E-state index in [2.05, 4.69) is 20.9 Å². The van der Waals surface area contributed by atoms with Crippen LogP contribution in [0.25, 0.3) is 0 Å². The maximum absolute atomic E-state index is 12.8. The minimum atomic E-state index is -0.462. The van der Waals surface area contributed by atoms with Gasteiger partial charge in [0.05, 0.1) is 15.2 Å². The molecule has 0 aliphatic heterocycles. The maximum atomic E-state index is 12.8. The minimum Gasteiger partial charge on any atom is -0.257 e. The van der Waals surface area contributed by atoms with Crippen molar-refractivity contribution >= 4 is 27.5 Å². The van der Waals surface area contributed by atoms with E-state index in [1.165, 1.54) is 6.20 Å². The van der Waals surface area contributed by atoms with Crippen LogP contribution in [-0.2, 0) is 0 Å². The fourth-order valence-corrected chi connectivity index (χ4v) is 0.992. The molecule has 0 aliphatic rings. The molecule has 1 aromatic rings. The van der Waals surface area contributed by atoms with Crippen molar-refractivity contribution < 1.29 is 4.39 Å². The number of aromatic nitrogens is 1. The standard InChI is InChI=1S/C6H4BrClFN/c1-3-6(9)5(8)4(7)2-10-3/h2H,1H3. The summed E-state index contributed by atoms with van der Waals surface area (Å²) in [5.74, 6) is -0.462. The van der Waals surface area contributed by atoms with Crippen LogP contribution in [0.2, 0.25) is 5.02 Å². The van der Waals surface area contributed by atoms with E-state index < -0.39 is 5.82 Å². The van der Waals surface area contributed by atoms with Crippen LogP contribution in [0.3, 0.4) is 0 Å². The first kappa shape index (κ1) is 7.95. The molecule has 1 heterocycles. The highest BCUT2D eigenvalue weighted by Crippen LogP contribution is 2.25. The molecule has 0 aliphatic carbocycles. The lowest BCUT2D eigenvalue weighted by molar-refractivity contribution is 0.609. The lowest BCUT2D eigenvalue weighted by atomic mass is 10.4. The summed E-state index contributed by atoms with van der Waals surface area (Å²) in [6.45, 7) is 1.56. The second-order valence-electron chi connectivity index (χ2n) is 1.82. The van der Waals surface area contributed by atoms with Gasteiger partial charge in [-0.05, 0) is 22.9 Å². The molecule has 0 unspecified atom stereocenters. The molecule has 54 valence electrons. The smallest absolute Gasteiger partial charge is 0.164 e. The molecule has 0 atom stereocenters. The fraction of sp³-hybridized carbons (Fsp3) is 0.167. The molecule has 0 saturated heterocycles. The van der Waals surface area contributed by atoms with Crippen molar-refractivity contribution in [1.82, 2.24) is 4.98 Å². The van der Waals surface area contributed by atoms with Gasteiger partial charge in [0.1, 0.15) is 0 Å². The maximum Gasteiger partial charge on any atom is 0.164 e. The number of aryl methyl sites for hydroxylation is 1. The van der Waals surface area contributed by atoms with Crippen LogP contribution in [-0.4, -0.2) is 4.98 Å². The quantitative estimate of drug-likeness (QED) is 0.660. The highest BCUT2D eigenvalue weighted by atomic mass is 79.9. The summed E-state index contributed by atoms with van der Waals surface area (Å²) in [4.78, 5) is 3.73. The summed E-state index contributed by atoms with van der Waals surface area (Å²) in [6, 6.07) is 0. The molecule has 0 aromatic carbocycles. The lowest BCUT2D eigenvalue weighted by Gasteiger charge is -1.98. The summed E-state index contributed by atoms with van der Waals surface area (Å²) in [6.07, 6.45) is 1.47. The number of rotatable bonds is 0. The topological polar surface area (TPSA) is 12.9 Å². The Bertz CT molecular complexity index is 237. The van der Waals surface area contributed by atoms with Crippen LogP contribution < -0.4 is 0 Å². The molecule has 0 fully saturated rings. The third-order valence-electron chi connectivity index (χ3n) is 1.09. The van der Waals surface area contributed by atoms with Gasteiger partial charge in [-0.15, -0.1) is 0 Å². The van der Waals surface area contributed by atoms with Gasteiger partial charge in [0.15, 0.2) is 5.82 Å². The lowest BCUT2D eigenvalue weighted by Crippen LogP contribution is -1.88. The molecule has 1 aromatic heterocycles. The molecular weight excluding hydrogens is 220 g/mol. The van der Waals surface area contributed by atoms with Crippen molar-refractivity contribution in [2.45, 2.75) is 6.92 Å². The van der Waals surface area contributed by atoms with Crippen LogP contribution in [0, 0.1) is 12.7 Å².